The maximum Gasteiger partial charge on any atom is 0.265 e. The van der Waals surface area contributed by atoms with Gasteiger partial charge in [-0.2, -0.15) is 0 Å². The van der Waals surface area contributed by atoms with Gasteiger partial charge in [-0.05, 0) is 13.0 Å². The molecule has 1 heterocycles. The minimum Gasteiger partial charge on any atom is -0.508 e. The average Bonchev–Trinajstić information content (AvgIpc) is 2.70. The molecule has 0 saturated heterocycles. The number of carbonyl (C=O) groups is 1. The molecule has 1 amide bonds. The Bertz CT molecular complexity index is 610. The number of rotatable bonds is 3. The van der Waals surface area contributed by atoms with Crippen LogP contribution in [-0.2, 0) is 6.54 Å². The first kappa shape index (κ1) is 13.4. The summed E-state index contributed by atoms with van der Waals surface area (Å²) in [5, 5.41) is 10.1. The van der Waals surface area contributed by atoms with Crippen LogP contribution in [0.4, 0.5) is 5.13 Å². The Morgan fingerprint density at radius 2 is 2.16 bits per heavy atom. The van der Waals surface area contributed by atoms with Crippen LogP contribution in [0.1, 0.15) is 20.9 Å². The Hall–Kier alpha value is -2.08. The van der Waals surface area contributed by atoms with E-state index < -0.39 is 0 Å². The summed E-state index contributed by atoms with van der Waals surface area (Å²) in [7, 11) is 1.68. The van der Waals surface area contributed by atoms with E-state index in [4.69, 9.17) is 5.73 Å². The van der Waals surface area contributed by atoms with Crippen LogP contribution in [-0.4, -0.2) is 27.9 Å². The van der Waals surface area contributed by atoms with Crippen molar-refractivity contribution in [1.82, 2.24) is 9.88 Å². The van der Waals surface area contributed by atoms with E-state index in [0.717, 1.165) is 0 Å². The average molecular weight is 277 g/mol. The van der Waals surface area contributed by atoms with Crippen LogP contribution >= 0.6 is 11.3 Å². The summed E-state index contributed by atoms with van der Waals surface area (Å²) in [4.78, 5) is 18.4. The van der Waals surface area contributed by atoms with Gasteiger partial charge in [0.15, 0.2) is 5.13 Å². The van der Waals surface area contributed by atoms with E-state index in [2.05, 4.69) is 4.98 Å². The molecule has 0 spiro atoms. The number of amides is 1. The normalized spacial score (nSPS) is 10.4. The number of benzene rings is 1. The molecule has 19 heavy (non-hydrogen) atoms. The van der Waals surface area contributed by atoms with Crippen molar-refractivity contribution >= 4 is 22.4 Å². The molecule has 6 heteroatoms. The second-order valence-corrected chi connectivity index (χ2v) is 5.29. The van der Waals surface area contributed by atoms with Gasteiger partial charge in [0.1, 0.15) is 10.6 Å². The Balaban J connectivity index is 2.16. The van der Waals surface area contributed by atoms with E-state index in [1.54, 1.807) is 32.2 Å². The Morgan fingerprint density at radius 1 is 1.47 bits per heavy atom. The van der Waals surface area contributed by atoms with Crippen molar-refractivity contribution in [2.24, 2.45) is 0 Å². The largest absolute Gasteiger partial charge is 0.508 e. The monoisotopic (exact) mass is 277 g/mol. The van der Waals surface area contributed by atoms with E-state index in [1.165, 1.54) is 16.2 Å². The van der Waals surface area contributed by atoms with E-state index >= 15 is 0 Å². The number of para-hydroxylation sites is 1. The number of nitrogens with two attached hydrogens (primary N) is 1. The number of aryl methyl sites for hydroxylation is 1. The third-order valence-electron chi connectivity index (χ3n) is 2.75. The molecular formula is C13H15N3O2S. The zero-order valence-electron chi connectivity index (χ0n) is 10.8. The topological polar surface area (TPSA) is 79.5 Å². The molecule has 0 bridgehead atoms. The molecule has 0 aliphatic heterocycles. The van der Waals surface area contributed by atoms with Gasteiger partial charge >= 0.3 is 0 Å². The molecule has 0 fully saturated rings. The molecule has 0 atom stereocenters. The number of hydrogen-bond acceptors (Lipinski definition) is 5. The standard InChI is InChI=1S/C13H15N3O2S/c1-8-11(19-13(14)15-8)12(18)16(2)7-9-5-3-4-6-10(9)17/h3-6,17H,7H2,1-2H3,(H2,14,15). The summed E-state index contributed by atoms with van der Waals surface area (Å²) in [6.45, 7) is 2.09. The van der Waals surface area contributed by atoms with Gasteiger partial charge in [0, 0.05) is 19.2 Å². The van der Waals surface area contributed by atoms with Gasteiger partial charge in [-0.1, -0.05) is 29.5 Å². The van der Waals surface area contributed by atoms with Gasteiger partial charge in [0.05, 0.1) is 5.69 Å². The number of nitrogen functional groups attached to an aromatic ring is 1. The third kappa shape index (κ3) is 2.85. The van der Waals surface area contributed by atoms with E-state index in [-0.39, 0.29) is 11.7 Å². The number of nitrogens with zero attached hydrogens (tertiary/aromatic N) is 2. The molecule has 2 rings (SSSR count). The van der Waals surface area contributed by atoms with Crippen LogP contribution in [0, 0.1) is 6.92 Å². The predicted molar refractivity (Wildman–Crippen MR) is 75.2 cm³/mol. The first-order valence-corrected chi connectivity index (χ1v) is 6.56. The lowest BCUT2D eigenvalue weighted by Crippen LogP contribution is -2.26. The second-order valence-electron chi connectivity index (χ2n) is 4.26. The van der Waals surface area contributed by atoms with Crippen molar-refractivity contribution in [3.8, 4) is 5.75 Å². The fraction of sp³-hybridized carbons (Fsp3) is 0.231. The van der Waals surface area contributed by atoms with Crippen LogP contribution in [0.2, 0.25) is 0 Å². The molecule has 0 radical (unpaired) electrons. The minimum absolute atomic E-state index is 0.144. The van der Waals surface area contributed by atoms with E-state index in [0.29, 0.717) is 27.8 Å². The first-order chi connectivity index (χ1) is 8.99. The highest BCUT2D eigenvalue weighted by atomic mass is 32.1. The Kier molecular flexibility index (Phi) is 3.71. The molecule has 2 aromatic rings. The zero-order chi connectivity index (χ0) is 14.0. The fourth-order valence-electron chi connectivity index (χ4n) is 1.76. The van der Waals surface area contributed by atoms with Crippen LogP contribution in [0.5, 0.6) is 5.75 Å². The number of aromatic nitrogens is 1. The molecule has 1 aromatic carbocycles. The molecule has 5 nitrogen and oxygen atoms in total. The summed E-state index contributed by atoms with van der Waals surface area (Å²) < 4.78 is 0. The highest BCUT2D eigenvalue weighted by Crippen LogP contribution is 2.23. The summed E-state index contributed by atoms with van der Waals surface area (Å²) in [5.74, 6) is 0.0395. The van der Waals surface area contributed by atoms with Crippen molar-refractivity contribution in [2.45, 2.75) is 13.5 Å². The maximum atomic E-state index is 12.3. The molecule has 0 aliphatic rings. The molecule has 0 aliphatic carbocycles. The summed E-state index contributed by atoms with van der Waals surface area (Å²) in [6.07, 6.45) is 0. The SMILES string of the molecule is Cc1nc(N)sc1C(=O)N(C)Cc1ccccc1O. The first-order valence-electron chi connectivity index (χ1n) is 5.74. The zero-order valence-corrected chi connectivity index (χ0v) is 11.6. The summed E-state index contributed by atoms with van der Waals surface area (Å²) in [5.41, 5.74) is 6.93. The van der Waals surface area contributed by atoms with Crippen molar-refractivity contribution in [3.63, 3.8) is 0 Å². The molecule has 1 aromatic heterocycles. The van der Waals surface area contributed by atoms with Gasteiger partial charge in [-0.15, -0.1) is 0 Å². The lowest BCUT2D eigenvalue weighted by molar-refractivity contribution is 0.0788. The van der Waals surface area contributed by atoms with Crippen LogP contribution in [0.15, 0.2) is 24.3 Å². The Morgan fingerprint density at radius 3 is 2.74 bits per heavy atom. The van der Waals surface area contributed by atoms with Crippen molar-refractivity contribution in [2.75, 3.05) is 12.8 Å². The predicted octanol–water partition coefficient (Wildman–Crippen LogP) is 2.01. The highest BCUT2D eigenvalue weighted by molar-refractivity contribution is 7.17. The second kappa shape index (κ2) is 5.27. The smallest absolute Gasteiger partial charge is 0.265 e. The van der Waals surface area contributed by atoms with Gasteiger partial charge in [-0.3, -0.25) is 4.79 Å². The molecular weight excluding hydrogens is 262 g/mol. The number of aromatic hydroxyl groups is 1. The quantitative estimate of drug-likeness (QED) is 0.899. The fourth-order valence-corrected chi connectivity index (χ4v) is 2.59. The third-order valence-corrected chi connectivity index (χ3v) is 3.73. The van der Waals surface area contributed by atoms with E-state index in [9.17, 15) is 9.90 Å². The lowest BCUT2D eigenvalue weighted by atomic mass is 10.2. The van der Waals surface area contributed by atoms with Gasteiger partial charge in [0.25, 0.3) is 5.91 Å². The van der Waals surface area contributed by atoms with Gasteiger partial charge in [-0.25, -0.2) is 4.98 Å². The molecule has 0 unspecified atom stereocenters. The summed E-state index contributed by atoms with van der Waals surface area (Å²) >= 11 is 1.18. The van der Waals surface area contributed by atoms with Gasteiger partial charge in [0.2, 0.25) is 0 Å². The number of carbonyl (C=O) groups excluding carboxylic acids is 1. The van der Waals surface area contributed by atoms with Crippen molar-refractivity contribution < 1.29 is 9.90 Å². The van der Waals surface area contributed by atoms with Crippen molar-refractivity contribution in [3.05, 3.63) is 40.4 Å². The minimum atomic E-state index is -0.144. The maximum absolute atomic E-state index is 12.3. The van der Waals surface area contributed by atoms with Crippen molar-refractivity contribution in [1.29, 1.82) is 0 Å². The van der Waals surface area contributed by atoms with Gasteiger partial charge < -0.3 is 15.7 Å². The molecule has 3 N–H and O–H groups in total. The van der Waals surface area contributed by atoms with Crippen LogP contribution in [0.25, 0.3) is 0 Å². The van der Waals surface area contributed by atoms with E-state index in [1.807, 2.05) is 6.07 Å². The molecule has 100 valence electrons. The number of anilines is 1. The van der Waals surface area contributed by atoms with Crippen LogP contribution < -0.4 is 5.73 Å². The number of thiazole rings is 1. The number of phenolic OH excluding ortho intramolecular Hbond substituents is 1. The number of hydrogen-bond donors (Lipinski definition) is 2. The number of phenols is 1. The summed E-state index contributed by atoms with van der Waals surface area (Å²) in [6, 6.07) is 6.95. The Labute approximate surface area is 115 Å². The van der Waals surface area contributed by atoms with Crippen LogP contribution in [0.3, 0.4) is 0 Å². The molecule has 0 saturated carbocycles. The highest BCUT2D eigenvalue weighted by Gasteiger charge is 2.19. The lowest BCUT2D eigenvalue weighted by Gasteiger charge is -2.17.